The van der Waals surface area contributed by atoms with Crippen LogP contribution in [0.5, 0.6) is 5.75 Å². The fourth-order valence-electron chi connectivity index (χ4n) is 2.76. The number of amides is 1. The molecule has 7 nitrogen and oxygen atoms in total. The highest BCUT2D eigenvalue weighted by Gasteiger charge is 2.24. The molecular formula is C19H21FN2O5. The SMILES string of the molecule is NCC(O)(O)Oc1ccc(F)c(-c2ccc(C(=O)N3CCOCC3)cc2)c1. The summed E-state index contributed by atoms with van der Waals surface area (Å²) in [5.74, 6) is -3.10. The van der Waals surface area contributed by atoms with Crippen LogP contribution in [0, 0.1) is 5.82 Å². The quantitative estimate of drug-likeness (QED) is 0.671. The minimum Gasteiger partial charge on any atom is -0.438 e. The number of benzene rings is 2. The molecule has 0 spiro atoms. The van der Waals surface area contributed by atoms with E-state index in [1.807, 2.05) is 0 Å². The van der Waals surface area contributed by atoms with Gasteiger partial charge in [-0.2, -0.15) is 0 Å². The zero-order valence-electron chi connectivity index (χ0n) is 14.6. The second-order valence-corrected chi connectivity index (χ2v) is 6.17. The van der Waals surface area contributed by atoms with Gasteiger partial charge in [-0.15, -0.1) is 0 Å². The molecule has 8 heteroatoms. The van der Waals surface area contributed by atoms with Crippen molar-refractivity contribution in [2.75, 3.05) is 32.8 Å². The van der Waals surface area contributed by atoms with Gasteiger partial charge in [0.25, 0.3) is 5.91 Å². The third-order valence-corrected chi connectivity index (χ3v) is 4.23. The van der Waals surface area contributed by atoms with Crippen molar-refractivity contribution in [1.82, 2.24) is 4.90 Å². The van der Waals surface area contributed by atoms with E-state index in [0.717, 1.165) is 6.07 Å². The number of ether oxygens (including phenoxy) is 2. The predicted molar refractivity (Wildman–Crippen MR) is 95.4 cm³/mol. The fraction of sp³-hybridized carbons (Fsp3) is 0.316. The highest BCUT2D eigenvalue weighted by atomic mass is 19.1. The minimum atomic E-state index is -2.54. The summed E-state index contributed by atoms with van der Waals surface area (Å²) in [6, 6.07) is 10.3. The van der Waals surface area contributed by atoms with E-state index in [0.29, 0.717) is 37.4 Å². The molecule has 27 heavy (non-hydrogen) atoms. The minimum absolute atomic E-state index is 0.0512. The molecule has 1 aliphatic rings. The number of nitrogens with zero attached hydrogens (tertiary/aromatic N) is 1. The molecule has 1 aliphatic heterocycles. The molecule has 0 atom stereocenters. The first-order valence-electron chi connectivity index (χ1n) is 8.50. The van der Waals surface area contributed by atoms with Gasteiger partial charge in [-0.1, -0.05) is 12.1 Å². The topological polar surface area (TPSA) is 105 Å². The molecular weight excluding hydrogens is 355 g/mol. The van der Waals surface area contributed by atoms with E-state index in [1.165, 1.54) is 12.1 Å². The van der Waals surface area contributed by atoms with Gasteiger partial charge in [-0.25, -0.2) is 4.39 Å². The van der Waals surface area contributed by atoms with Crippen LogP contribution in [-0.4, -0.2) is 59.8 Å². The Morgan fingerprint density at radius 3 is 2.48 bits per heavy atom. The van der Waals surface area contributed by atoms with Crippen molar-refractivity contribution in [3.8, 4) is 16.9 Å². The van der Waals surface area contributed by atoms with Gasteiger partial charge in [0.05, 0.1) is 19.8 Å². The van der Waals surface area contributed by atoms with Crippen molar-refractivity contribution >= 4 is 5.91 Å². The van der Waals surface area contributed by atoms with Gasteiger partial charge < -0.3 is 30.3 Å². The van der Waals surface area contributed by atoms with Crippen molar-refractivity contribution < 1.29 is 28.9 Å². The van der Waals surface area contributed by atoms with Gasteiger partial charge in [0.2, 0.25) is 0 Å². The van der Waals surface area contributed by atoms with Crippen LogP contribution in [-0.2, 0) is 4.74 Å². The molecule has 0 unspecified atom stereocenters. The summed E-state index contributed by atoms with van der Waals surface area (Å²) in [6.07, 6.45) is 0. The molecule has 2 aromatic rings. The highest BCUT2D eigenvalue weighted by molar-refractivity contribution is 5.94. The molecule has 2 aromatic carbocycles. The van der Waals surface area contributed by atoms with E-state index in [9.17, 15) is 19.4 Å². The number of aliphatic hydroxyl groups is 2. The predicted octanol–water partition coefficient (Wildman–Crippen LogP) is 0.941. The van der Waals surface area contributed by atoms with Crippen molar-refractivity contribution in [2.24, 2.45) is 5.73 Å². The molecule has 0 aromatic heterocycles. The van der Waals surface area contributed by atoms with E-state index in [-0.39, 0.29) is 17.2 Å². The number of rotatable bonds is 5. The average molecular weight is 376 g/mol. The monoisotopic (exact) mass is 376 g/mol. The average Bonchev–Trinajstić information content (AvgIpc) is 2.69. The molecule has 1 amide bonds. The molecule has 3 rings (SSSR count). The molecule has 1 saturated heterocycles. The first-order chi connectivity index (χ1) is 12.9. The standard InChI is InChI=1S/C19H21FN2O5/c20-17-6-5-15(27-19(24,25)12-21)11-16(17)13-1-3-14(4-2-13)18(23)22-7-9-26-10-8-22/h1-6,11,24-25H,7-10,12,21H2. The van der Waals surface area contributed by atoms with Gasteiger partial charge in [-0.05, 0) is 35.9 Å². The van der Waals surface area contributed by atoms with E-state index in [1.54, 1.807) is 29.2 Å². The van der Waals surface area contributed by atoms with Gasteiger partial charge >= 0.3 is 5.97 Å². The van der Waals surface area contributed by atoms with Crippen LogP contribution in [0.1, 0.15) is 10.4 Å². The number of halogens is 1. The summed E-state index contributed by atoms with van der Waals surface area (Å²) in [6.45, 7) is 1.57. The van der Waals surface area contributed by atoms with E-state index in [4.69, 9.17) is 15.2 Å². The zero-order valence-corrected chi connectivity index (χ0v) is 14.6. The lowest BCUT2D eigenvalue weighted by molar-refractivity contribution is -0.283. The lowest BCUT2D eigenvalue weighted by atomic mass is 10.0. The zero-order chi connectivity index (χ0) is 19.4. The molecule has 1 fully saturated rings. The van der Waals surface area contributed by atoms with Gasteiger partial charge in [0.1, 0.15) is 11.6 Å². The Balaban J connectivity index is 1.81. The summed E-state index contributed by atoms with van der Waals surface area (Å²) in [4.78, 5) is 14.2. The summed E-state index contributed by atoms with van der Waals surface area (Å²) in [5.41, 5.74) is 6.42. The summed E-state index contributed by atoms with van der Waals surface area (Å²) in [7, 11) is 0. The summed E-state index contributed by atoms with van der Waals surface area (Å²) >= 11 is 0. The maximum absolute atomic E-state index is 14.2. The maximum atomic E-state index is 14.2. The highest BCUT2D eigenvalue weighted by Crippen LogP contribution is 2.28. The molecule has 0 bridgehead atoms. The second-order valence-electron chi connectivity index (χ2n) is 6.17. The Kier molecular flexibility index (Phi) is 5.71. The number of hydrogen-bond acceptors (Lipinski definition) is 6. The van der Waals surface area contributed by atoms with Gasteiger partial charge in [0.15, 0.2) is 0 Å². The van der Waals surface area contributed by atoms with Crippen molar-refractivity contribution in [3.63, 3.8) is 0 Å². The van der Waals surface area contributed by atoms with Crippen LogP contribution in [0.4, 0.5) is 4.39 Å². The maximum Gasteiger partial charge on any atom is 0.335 e. The Bertz CT molecular complexity index is 804. The first kappa shape index (κ1) is 19.2. The third-order valence-electron chi connectivity index (χ3n) is 4.23. The third kappa shape index (κ3) is 4.61. The normalized spacial score (nSPS) is 14.9. The fourth-order valence-corrected chi connectivity index (χ4v) is 2.76. The van der Waals surface area contributed by atoms with Crippen LogP contribution in [0.3, 0.4) is 0 Å². The Hall–Kier alpha value is -2.52. The van der Waals surface area contributed by atoms with E-state index < -0.39 is 18.3 Å². The lowest BCUT2D eigenvalue weighted by Gasteiger charge is -2.26. The number of carbonyl (C=O) groups is 1. The van der Waals surface area contributed by atoms with Crippen LogP contribution in [0.15, 0.2) is 42.5 Å². The van der Waals surface area contributed by atoms with Crippen molar-refractivity contribution in [1.29, 1.82) is 0 Å². The molecule has 4 N–H and O–H groups in total. The Morgan fingerprint density at radius 1 is 1.19 bits per heavy atom. The lowest BCUT2D eigenvalue weighted by Crippen LogP contribution is -2.43. The number of morpholine rings is 1. The largest absolute Gasteiger partial charge is 0.438 e. The Labute approximate surface area is 155 Å². The van der Waals surface area contributed by atoms with Crippen LogP contribution >= 0.6 is 0 Å². The smallest absolute Gasteiger partial charge is 0.335 e. The van der Waals surface area contributed by atoms with Crippen LogP contribution in [0.2, 0.25) is 0 Å². The number of nitrogens with two attached hydrogens (primary N) is 1. The first-order valence-corrected chi connectivity index (χ1v) is 8.50. The van der Waals surface area contributed by atoms with Crippen molar-refractivity contribution in [2.45, 2.75) is 5.97 Å². The number of hydrogen-bond donors (Lipinski definition) is 3. The van der Waals surface area contributed by atoms with Gasteiger partial charge in [0, 0.05) is 24.2 Å². The van der Waals surface area contributed by atoms with Crippen molar-refractivity contribution in [3.05, 3.63) is 53.8 Å². The summed E-state index contributed by atoms with van der Waals surface area (Å²) in [5, 5.41) is 19.0. The molecule has 0 saturated carbocycles. The molecule has 144 valence electrons. The van der Waals surface area contributed by atoms with E-state index in [2.05, 4.69) is 0 Å². The van der Waals surface area contributed by atoms with Crippen LogP contribution in [0.25, 0.3) is 11.1 Å². The second kappa shape index (κ2) is 8.01. The molecule has 0 aliphatic carbocycles. The van der Waals surface area contributed by atoms with Crippen LogP contribution < -0.4 is 10.5 Å². The molecule has 1 heterocycles. The van der Waals surface area contributed by atoms with E-state index >= 15 is 0 Å². The Morgan fingerprint density at radius 2 is 1.85 bits per heavy atom. The molecule has 0 radical (unpaired) electrons. The number of carbonyl (C=O) groups excluding carboxylic acids is 1. The summed E-state index contributed by atoms with van der Waals surface area (Å²) < 4.78 is 24.4. The van der Waals surface area contributed by atoms with Gasteiger partial charge in [-0.3, -0.25) is 4.79 Å².